The minimum Gasteiger partial charge on any atom is -0.481 e. The molecule has 7 nitrogen and oxygen atoms in total. The number of benzene rings is 1. The summed E-state index contributed by atoms with van der Waals surface area (Å²) >= 11 is 5.80. The molecule has 1 aromatic heterocycles. The number of carbonyl (C=O) groups is 2. The summed E-state index contributed by atoms with van der Waals surface area (Å²) in [5.41, 5.74) is -0.0825. The molecule has 154 valence electrons. The minimum absolute atomic E-state index is 0.00168. The first-order chi connectivity index (χ1) is 13.8. The molecule has 1 N–H and O–H groups in total. The summed E-state index contributed by atoms with van der Waals surface area (Å²) < 4.78 is 33.1. The monoisotopic (exact) mass is 425 g/mol. The third-order valence-corrected chi connectivity index (χ3v) is 4.89. The summed E-state index contributed by atoms with van der Waals surface area (Å²) in [6, 6.07) is 1.83. The van der Waals surface area contributed by atoms with Gasteiger partial charge in [-0.05, 0) is 18.9 Å². The minimum atomic E-state index is -1.04. The van der Waals surface area contributed by atoms with Crippen molar-refractivity contribution in [2.75, 3.05) is 18.6 Å². The second kappa shape index (κ2) is 8.28. The predicted octanol–water partition coefficient (Wildman–Crippen LogP) is 3.87. The van der Waals surface area contributed by atoms with Gasteiger partial charge in [-0.3, -0.25) is 9.59 Å². The lowest BCUT2D eigenvalue weighted by molar-refractivity contribution is -0.138. The molecule has 0 amide bonds. The van der Waals surface area contributed by atoms with Gasteiger partial charge >= 0.3 is 5.97 Å². The SMILES string of the molecule is CCCN(c1cnc(C(=O)[C@H]2C[C@@H]2C(=O)O)c(OC)n1)c1cc(Cl)c(F)cc1F. The number of aromatic nitrogens is 2. The van der Waals surface area contributed by atoms with Gasteiger partial charge in [0.25, 0.3) is 0 Å². The molecule has 0 saturated heterocycles. The smallest absolute Gasteiger partial charge is 0.307 e. The van der Waals surface area contributed by atoms with Crippen LogP contribution in [0.15, 0.2) is 18.3 Å². The zero-order valence-electron chi connectivity index (χ0n) is 15.7. The molecule has 1 fully saturated rings. The highest BCUT2D eigenvalue weighted by Crippen LogP contribution is 2.42. The summed E-state index contributed by atoms with van der Waals surface area (Å²) in [6.45, 7) is 2.17. The lowest BCUT2D eigenvalue weighted by Gasteiger charge is -2.24. The molecule has 1 aliphatic carbocycles. The summed E-state index contributed by atoms with van der Waals surface area (Å²) in [5, 5.41) is 8.77. The Hall–Kier alpha value is -2.81. The highest BCUT2D eigenvalue weighted by molar-refractivity contribution is 6.31. The van der Waals surface area contributed by atoms with E-state index in [9.17, 15) is 18.4 Å². The summed E-state index contributed by atoms with van der Waals surface area (Å²) in [6.07, 6.45) is 2.10. The van der Waals surface area contributed by atoms with Crippen LogP contribution >= 0.6 is 11.6 Å². The number of ketones is 1. The van der Waals surface area contributed by atoms with Crippen LogP contribution in [0.25, 0.3) is 0 Å². The van der Waals surface area contributed by atoms with Crippen molar-refractivity contribution in [2.45, 2.75) is 19.8 Å². The van der Waals surface area contributed by atoms with Crippen molar-refractivity contribution in [3.05, 3.63) is 40.7 Å². The Kier molecular flexibility index (Phi) is 5.97. The molecule has 0 spiro atoms. The van der Waals surface area contributed by atoms with Gasteiger partial charge < -0.3 is 14.7 Å². The van der Waals surface area contributed by atoms with E-state index in [1.54, 1.807) is 0 Å². The first-order valence-electron chi connectivity index (χ1n) is 8.88. The topological polar surface area (TPSA) is 92.6 Å². The Morgan fingerprint density at radius 3 is 2.62 bits per heavy atom. The number of ether oxygens (including phenoxy) is 1. The number of halogens is 3. The van der Waals surface area contributed by atoms with Crippen LogP contribution in [0.2, 0.25) is 5.02 Å². The molecule has 0 unspecified atom stereocenters. The van der Waals surface area contributed by atoms with Crippen LogP contribution < -0.4 is 9.64 Å². The van der Waals surface area contributed by atoms with Crippen molar-refractivity contribution in [1.29, 1.82) is 0 Å². The molecule has 10 heteroatoms. The van der Waals surface area contributed by atoms with E-state index in [4.69, 9.17) is 21.4 Å². The summed E-state index contributed by atoms with van der Waals surface area (Å²) in [5.74, 6) is -4.54. The van der Waals surface area contributed by atoms with Gasteiger partial charge in [0.2, 0.25) is 5.88 Å². The lowest BCUT2D eigenvalue weighted by Crippen LogP contribution is -2.22. The van der Waals surface area contributed by atoms with Crippen LogP contribution in [-0.4, -0.2) is 40.5 Å². The molecule has 1 heterocycles. The fourth-order valence-electron chi connectivity index (χ4n) is 3.04. The number of hydrogen-bond acceptors (Lipinski definition) is 6. The van der Waals surface area contributed by atoms with Gasteiger partial charge in [-0.15, -0.1) is 0 Å². The first kappa shape index (κ1) is 20.9. The van der Waals surface area contributed by atoms with E-state index in [1.165, 1.54) is 18.2 Å². The largest absolute Gasteiger partial charge is 0.481 e. The van der Waals surface area contributed by atoms with Crippen LogP contribution in [0.3, 0.4) is 0 Å². The normalized spacial score (nSPS) is 17.7. The van der Waals surface area contributed by atoms with E-state index < -0.39 is 35.2 Å². The van der Waals surface area contributed by atoms with E-state index >= 15 is 0 Å². The van der Waals surface area contributed by atoms with Crippen LogP contribution in [0.4, 0.5) is 20.3 Å². The number of anilines is 2. The van der Waals surface area contributed by atoms with E-state index in [-0.39, 0.29) is 34.5 Å². The molecule has 2 aromatic rings. The maximum absolute atomic E-state index is 14.4. The fourth-order valence-corrected chi connectivity index (χ4v) is 3.20. The molecular formula is C19H18ClF2N3O4. The molecule has 1 saturated carbocycles. The van der Waals surface area contributed by atoms with Gasteiger partial charge in [-0.1, -0.05) is 18.5 Å². The van der Waals surface area contributed by atoms with Gasteiger partial charge in [0, 0.05) is 18.5 Å². The number of carbonyl (C=O) groups excluding carboxylic acids is 1. The molecule has 0 aliphatic heterocycles. The maximum Gasteiger partial charge on any atom is 0.307 e. The average molecular weight is 426 g/mol. The van der Waals surface area contributed by atoms with Gasteiger partial charge in [-0.2, -0.15) is 4.98 Å². The number of aliphatic carboxylic acids is 1. The average Bonchev–Trinajstić information content (AvgIpc) is 3.49. The molecular weight excluding hydrogens is 408 g/mol. The number of methoxy groups -OCH3 is 1. The number of Topliss-reactive ketones (excluding diaryl/α,β-unsaturated/α-hetero) is 1. The van der Waals surface area contributed by atoms with E-state index in [2.05, 4.69) is 9.97 Å². The second-order valence-electron chi connectivity index (χ2n) is 6.61. The summed E-state index contributed by atoms with van der Waals surface area (Å²) in [7, 11) is 1.30. The van der Waals surface area contributed by atoms with Crippen LogP contribution in [0.1, 0.15) is 30.3 Å². The number of hydrogen-bond donors (Lipinski definition) is 1. The molecule has 2 atom stereocenters. The molecule has 29 heavy (non-hydrogen) atoms. The first-order valence-corrected chi connectivity index (χ1v) is 9.26. The fraction of sp³-hybridized carbons (Fsp3) is 0.368. The van der Waals surface area contributed by atoms with E-state index in [1.807, 2.05) is 6.92 Å². The quantitative estimate of drug-likeness (QED) is 0.507. The zero-order chi connectivity index (χ0) is 21.3. The highest BCUT2D eigenvalue weighted by Gasteiger charge is 2.49. The van der Waals surface area contributed by atoms with Crippen molar-refractivity contribution >= 4 is 34.9 Å². The van der Waals surface area contributed by atoms with Crippen LogP contribution in [0, 0.1) is 23.5 Å². The van der Waals surface area contributed by atoms with Gasteiger partial charge in [0.15, 0.2) is 17.3 Å². The van der Waals surface area contributed by atoms with Gasteiger partial charge in [-0.25, -0.2) is 13.8 Å². The van der Waals surface area contributed by atoms with E-state index in [0.717, 1.165) is 6.07 Å². The standard InChI is InChI=1S/C19H18ClF2N3O4/c1-3-4-25(14-6-11(20)12(21)7-13(14)22)15-8-23-16(18(24-15)29-2)17(26)9-5-10(9)19(27)28/h6-10H,3-5H2,1-2H3,(H,27,28)/t9-,10-/m0/s1. The molecule has 1 aliphatic rings. The Balaban J connectivity index is 1.98. The predicted molar refractivity (Wildman–Crippen MR) is 101 cm³/mol. The van der Waals surface area contributed by atoms with E-state index in [0.29, 0.717) is 19.0 Å². The highest BCUT2D eigenvalue weighted by atomic mass is 35.5. The third-order valence-electron chi connectivity index (χ3n) is 4.60. The Labute approximate surface area is 170 Å². The molecule has 3 rings (SSSR count). The van der Waals surface area contributed by atoms with Gasteiger partial charge in [0.05, 0.1) is 29.9 Å². The van der Waals surface area contributed by atoms with Crippen molar-refractivity contribution < 1.29 is 28.2 Å². The lowest BCUT2D eigenvalue weighted by atomic mass is 10.1. The van der Waals surface area contributed by atoms with Gasteiger partial charge in [0.1, 0.15) is 11.6 Å². The molecule has 0 bridgehead atoms. The number of rotatable bonds is 8. The maximum atomic E-state index is 14.4. The Morgan fingerprint density at radius 2 is 2.03 bits per heavy atom. The molecule has 0 radical (unpaired) electrons. The molecule has 1 aromatic carbocycles. The Morgan fingerprint density at radius 1 is 1.31 bits per heavy atom. The summed E-state index contributed by atoms with van der Waals surface area (Å²) in [4.78, 5) is 33.4. The number of carboxylic acid groups (broad SMARTS) is 1. The third kappa shape index (κ3) is 4.14. The number of carboxylic acids is 1. The second-order valence-corrected chi connectivity index (χ2v) is 7.01. The van der Waals surface area contributed by atoms with Crippen molar-refractivity contribution in [3.63, 3.8) is 0 Å². The van der Waals surface area contributed by atoms with Crippen molar-refractivity contribution in [1.82, 2.24) is 9.97 Å². The zero-order valence-corrected chi connectivity index (χ0v) is 16.4. The Bertz CT molecular complexity index is 973. The number of nitrogens with zero attached hydrogens (tertiary/aromatic N) is 3. The van der Waals surface area contributed by atoms with Crippen LogP contribution in [0.5, 0.6) is 5.88 Å². The van der Waals surface area contributed by atoms with Crippen molar-refractivity contribution in [3.8, 4) is 5.88 Å². The van der Waals surface area contributed by atoms with Crippen molar-refractivity contribution in [2.24, 2.45) is 11.8 Å². The van der Waals surface area contributed by atoms with Crippen LogP contribution in [-0.2, 0) is 4.79 Å².